The van der Waals surface area contributed by atoms with E-state index >= 15 is 0 Å². The number of hydrogen-bond donors (Lipinski definition) is 1. The van der Waals surface area contributed by atoms with Crippen LogP contribution >= 0.6 is 23.6 Å². The highest BCUT2D eigenvalue weighted by molar-refractivity contribution is 7.80. The molecule has 5 heteroatoms. The van der Waals surface area contributed by atoms with Crippen LogP contribution in [0.1, 0.15) is 28.2 Å². The predicted octanol–water partition coefficient (Wildman–Crippen LogP) is 4.63. The Balaban J connectivity index is 1.80. The molecule has 1 N–H and O–H groups in total. The van der Waals surface area contributed by atoms with Crippen molar-refractivity contribution < 1.29 is 0 Å². The Kier molecular flexibility index (Phi) is 4.04. The summed E-state index contributed by atoms with van der Waals surface area (Å²) < 4.78 is 0. The van der Waals surface area contributed by atoms with Gasteiger partial charge in [-0.15, -0.1) is 11.3 Å². The monoisotopic (exact) mass is 351 g/mol. The molecule has 1 saturated heterocycles. The van der Waals surface area contributed by atoms with Gasteiger partial charge in [-0.2, -0.15) is 0 Å². The zero-order chi connectivity index (χ0) is 16.5. The fraction of sp³-hybridized carbons (Fsp3) is 0.158. The summed E-state index contributed by atoms with van der Waals surface area (Å²) in [6.07, 6.45) is 1.83. The lowest BCUT2D eigenvalue weighted by molar-refractivity contribution is 0.575. The summed E-state index contributed by atoms with van der Waals surface area (Å²) in [5.41, 5.74) is 3.36. The average molecular weight is 352 g/mol. The second kappa shape index (κ2) is 6.34. The highest BCUT2D eigenvalue weighted by Gasteiger charge is 2.41. The molecule has 2 atom stereocenters. The van der Waals surface area contributed by atoms with Crippen LogP contribution in [0.25, 0.3) is 0 Å². The van der Waals surface area contributed by atoms with E-state index in [2.05, 4.69) is 70.0 Å². The Bertz CT molecular complexity index is 829. The molecule has 2 aromatic heterocycles. The van der Waals surface area contributed by atoms with E-state index in [0.29, 0.717) is 0 Å². The largest absolute Gasteiger partial charge is 0.351 e. The number of thiocarbonyl (C=S) groups is 1. The normalized spacial score (nSPS) is 20.2. The number of hydrogen-bond acceptors (Lipinski definition) is 3. The highest BCUT2D eigenvalue weighted by atomic mass is 32.1. The lowest BCUT2D eigenvalue weighted by atomic mass is 10.0. The van der Waals surface area contributed by atoms with E-state index in [-0.39, 0.29) is 12.1 Å². The molecule has 0 radical (unpaired) electrons. The number of anilines is 1. The van der Waals surface area contributed by atoms with Crippen LogP contribution in [0.4, 0.5) is 5.69 Å². The molecule has 3 nitrogen and oxygen atoms in total. The van der Waals surface area contributed by atoms with Crippen LogP contribution < -0.4 is 10.2 Å². The summed E-state index contributed by atoms with van der Waals surface area (Å²) in [4.78, 5) is 8.04. The van der Waals surface area contributed by atoms with E-state index in [1.807, 2.05) is 18.3 Å². The Morgan fingerprint density at radius 2 is 1.92 bits per heavy atom. The molecule has 4 rings (SSSR count). The summed E-state index contributed by atoms with van der Waals surface area (Å²) >= 11 is 7.43. The molecule has 1 aliphatic rings. The SMILES string of the molecule is Cc1ccc(N2C(=S)N[C@H](c3ccccn3)[C@H]2c2cccs2)cc1. The lowest BCUT2D eigenvalue weighted by Gasteiger charge is -2.27. The van der Waals surface area contributed by atoms with Crippen molar-refractivity contribution in [3.63, 3.8) is 0 Å². The first kappa shape index (κ1) is 15.3. The quantitative estimate of drug-likeness (QED) is 0.697. The Labute approximate surface area is 151 Å². The predicted molar refractivity (Wildman–Crippen MR) is 103 cm³/mol. The Morgan fingerprint density at radius 3 is 2.58 bits per heavy atom. The zero-order valence-corrected chi connectivity index (χ0v) is 14.8. The topological polar surface area (TPSA) is 28.2 Å². The van der Waals surface area contributed by atoms with E-state index in [1.165, 1.54) is 10.4 Å². The van der Waals surface area contributed by atoms with Crippen LogP contribution in [0, 0.1) is 6.92 Å². The van der Waals surface area contributed by atoms with E-state index in [4.69, 9.17) is 12.2 Å². The average Bonchev–Trinajstić information content (AvgIpc) is 3.24. The van der Waals surface area contributed by atoms with Crippen molar-refractivity contribution in [2.75, 3.05) is 4.90 Å². The van der Waals surface area contributed by atoms with Gasteiger partial charge in [0.15, 0.2) is 5.11 Å². The minimum Gasteiger partial charge on any atom is -0.351 e. The van der Waals surface area contributed by atoms with Crippen molar-refractivity contribution in [2.45, 2.75) is 19.0 Å². The van der Waals surface area contributed by atoms with Gasteiger partial charge in [-0.1, -0.05) is 29.8 Å². The van der Waals surface area contributed by atoms with Crippen LogP contribution in [0.2, 0.25) is 0 Å². The fourth-order valence-corrected chi connectivity index (χ4v) is 4.29. The van der Waals surface area contributed by atoms with Gasteiger partial charge in [-0.25, -0.2) is 0 Å². The number of benzene rings is 1. The molecule has 1 aromatic carbocycles. The van der Waals surface area contributed by atoms with Gasteiger partial charge >= 0.3 is 0 Å². The number of nitrogens with one attached hydrogen (secondary N) is 1. The van der Waals surface area contributed by atoms with E-state index in [9.17, 15) is 0 Å². The lowest BCUT2D eigenvalue weighted by Crippen LogP contribution is -2.29. The highest BCUT2D eigenvalue weighted by Crippen LogP contribution is 2.42. The number of aryl methyl sites for hydroxylation is 1. The van der Waals surface area contributed by atoms with Crippen molar-refractivity contribution in [1.29, 1.82) is 0 Å². The standard InChI is InChI=1S/C19H17N3S2/c1-13-7-9-14(10-8-13)22-18(16-6-4-12-24-16)17(21-19(22)23)15-5-2-3-11-20-15/h2-12,17-18H,1H3,(H,21,23)/t17-,18-/m1/s1. The second-order valence-electron chi connectivity index (χ2n) is 5.85. The van der Waals surface area contributed by atoms with Gasteiger partial charge in [0.05, 0.1) is 17.8 Å². The molecule has 0 aliphatic carbocycles. The van der Waals surface area contributed by atoms with Crippen LogP contribution in [-0.2, 0) is 0 Å². The molecule has 1 fully saturated rings. The number of pyridine rings is 1. The molecule has 0 spiro atoms. The fourth-order valence-electron chi connectivity index (χ4n) is 3.09. The molecular weight excluding hydrogens is 334 g/mol. The summed E-state index contributed by atoms with van der Waals surface area (Å²) in [5.74, 6) is 0. The van der Waals surface area contributed by atoms with Gasteiger partial charge in [0.2, 0.25) is 0 Å². The maximum absolute atomic E-state index is 5.68. The third-order valence-electron chi connectivity index (χ3n) is 4.24. The molecular formula is C19H17N3S2. The minimum absolute atomic E-state index is 0.0404. The first-order valence-electron chi connectivity index (χ1n) is 7.85. The molecule has 3 aromatic rings. The van der Waals surface area contributed by atoms with Gasteiger partial charge in [-0.3, -0.25) is 4.98 Å². The summed E-state index contributed by atoms with van der Waals surface area (Å²) in [6, 6.07) is 18.9. The number of aromatic nitrogens is 1. The first-order chi connectivity index (χ1) is 11.7. The van der Waals surface area contributed by atoms with E-state index < -0.39 is 0 Å². The van der Waals surface area contributed by atoms with Crippen molar-refractivity contribution in [3.8, 4) is 0 Å². The van der Waals surface area contributed by atoms with Crippen molar-refractivity contribution in [2.24, 2.45) is 0 Å². The van der Waals surface area contributed by atoms with Crippen molar-refractivity contribution in [3.05, 3.63) is 82.3 Å². The summed E-state index contributed by atoms with van der Waals surface area (Å²) in [6.45, 7) is 2.10. The molecule has 24 heavy (non-hydrogen) atoms. The Hall–Kier alpha value is -2.24. The van der Waals surface area contributed by atoms with Gasteiger partial charge in [0, 0.05) is 16.8 Å². The van der Waals surface area contributed by atoms with Crippen LogP contribution in [0.5, 0.6) is 0 Å². The summed E-state index contributed by atoms with van der Waals surface area (Å²) in [7, 11) is 0. The van der Waals surface area contributed by atoms with E-state index in [0.717, 1.165) is 16.5 Å². The van der Waals surface area contributed by atoms with Crippen LogP contribution in [0.3, 0.4) is 0 Å². The third-order valence-corrected chi connectivity index (χ3v) is 5.50. The number of rotatable bonds is 3. The van der Waals surface area contributed by atoms with Crippen molar-refractivity contribution in [1.82, 2.24) is 10.3 Å². The first-order valence-corrected chi connectivity index (χ1v) is 9.13. The molecule has 0 bridgehead atoms. The number of nitrogens with zero attached hydrogens (tertiary/aromatic N) is 2. The molecule has 3 heterocycles. The number of thiophene rings is 1. The zero-order valence-electron chi connectivity index (χ0n) is 13.2. The minimum atomic E-state index is 0.0404. The molecule has 120 valence electrons. The molecule has 0 unspecified atom stereocenters. The summed E-state index contributed by atoms with van der Waals surface area (Å²) in [5, 5.41) is 6.33. The molecule has 0 amide bonds. The Morgan fingerprint density at radius 1 is 1.08 bits per heavy atom. The van der Waals surface area contributed by atoms with Gasteiger partial charge in [0.1, 0.15) is 0 Å². The van der Waals surface area contributed by atoms with Gasteiger partial charge in [-0.05, 0) is 54.9 Å². The van der Waals surface area contributed by atoms with Gasteiger partial charge < -0.3 is 10.2 Å². The van der Waals surface area contributed by atoms with Crippen LogP contribution in [-0.4, -0.2) is 10.1 Å². The van der Waals surface area contributed by atoms with Crippen LogP contribution in [0.15, 0.2) is 66.2 Å². The third kappa shape index (κ3) is 2.70. The van der Waals surface area contributed by atoms with Crippen molar-refractivity contribution >= 4 is 34.4 Å². The smallest absolute Gasteiger partial charge is 0.174 e. The molecule has 1 aliphatic heterocycles. The second-order valence-corrected chi connectivity index (χ2v) is 7.21. The van der Waals surface area contributed by atoms with Gasteiger partial charge in [0.25, 0.3) is 0 Å². The van der Waals surface area contributed by atoms with E-state index in [1.54, 1.807) is 11.3 Å². The maximum Gasteiger partial charge on any atom is 0.174 e. The maximum atomic E-state index is 5.68. The molecule has 0 saturated carbocycles.